The number of ether oxygens (including phenoxy) is 1. The van der Waals surface area contributed by atoms with E-state index < -0.39 is 0 Å². The van der Waals surface area contributed by atoms with E-state index in [-0.39, 0.29) is 5.97 Å². The van der Waals surface area contributed by atoms with Gasteiger partial charge in [-0.3, -0.25) is 4.90 Å². The second-order valence-corrected chi connectivity index (χ2v) is 5.58. The predicted octanol–water partition coefficient (Wildman–Crippen LogP) is 2.78. The lowest BCUT2D eigenvalue weighted by Crippen LogP contribution is -2.46. The Morgan fingerprint density at radius 3 is 2.57 bits per heavy atom. The van der Waals surface area contributed by atoms with Crippen molar-refractivity contribution in [3.63, 3.8) is 0 Å². The van der Waals surface area contributed by atoms with Gasteiger partial charge < -0.3 is 14.1 Å². The molecule has 1 fully saturated rings. The number of carbonyl (C=O) groups is 1. The summed E-state index contributed by atoms with van der Waals surface area (Å²) < 4.78 is 10.6. The molecular formula is C18H22N2O3. The fourth-order valence-electron chi connectivity index (χ4n) is 2.86. The number of hydrogen-bond acceptors (Lipinski definition) is 5. The second kappa shape index (κ2) is 7.33. The Labute approximate surface area is 136 Å². The van der Waals surface area contributed by atoms with Gasteiger partial charge in [0.25, 0.3) is 0 Å². The first-order valence-corrected chi connectivity index (χ1v) is 8.03. The lowest BCUT2D eigenvalue weighted by molar-refractivity contribution is 0.0522. The molecule has 3 rings (SSSR count). The highest BCUT2D eigenvalue weighted by Gasteiger charge is 2.22. The minimum atomic E-state index is -0.306. The number of carbonyl (C=O) groups excluding carboxylic acids is 1. The SMILES string of the molecule is CCOC(=O)c1ccoc1CN1CCN(c2ccccc2)CC1. The van der Waals surface area contributed by atoms with E-state index in [2.05, 4.69) is 34.1 Å². The number of benzene rings is 1. The highest BCUT2D eigenvalue weighted by atomic mass is 16.5. The van der Waals surface area contributed by atoms with Crippen molar-refractivity contribution in [2.45, 2.75) is 13.5 Å². The normalized spacial score (nSPS) is 15.6. The topological polar surface area (TPSA) is 45.9 Å². The molecule has 2 heterocycles. The van der Waals surface area contributed by atoms with Crippen LogP contribution in [-0.4, -0.2) is 43.7 Å². The van der Waals surface area contributed by atoms with Crippen LogP contribution in [0.15, 0.2) is 47.1 Å². The highest BCUT2D eigenvalue weighted by Crippen LogP contribution is 2.19. The van der Waals surface area contributed by atoms with Crippen molar-refractivity contribution >= 4 is 11.7 Å². The van der Waals surface area contributed by atoms with Crippen LogP contribution in [-0.2, 0) is 11.3 Å². The number of hydrogen-bond donors (Lipinski definition) is 0. The molecule has 0 unspecified atom stereocenters. The van der Waals surface area contributed by atoms with Gasteiger partial charge in [0.2, 0.25) is 0 Å². The van der Waals surface area contributed by atoms with E-state index in [1.165, 1.54) is 5.69 Å². The first-order valence-electron chi connectivity index (χ1n) is 8.03. The first kappa shape index (κ1) is 15.6. The van der Waals surface area contributed by atoms with Gasteiger partial charge in [-0.05, 0) is 25.1 Å². The summed E-state index contributed by atoms with van der Waals surface area (Å²) in [5.74, 6) is 0.385. The Kier molecular flexibility index (Phi) is 4.98. The van der Waals surface area contributed by atoms with Crippen molar-refractivity contribution in [1.82, 2.24) is 4.90 Å². The maximum absolute atomic E-state index is 11.9. The van der Waals surface area contributed by atoms with Crippen LogP contribution in [0.4, 0.5) is 5.69 Å². The number of furan rings is 1. The van der Waals surface area contributed by atoms with Crippen molar-refractivity contribution in [2.24, 2.45) is 0 Å². The summed E-state index contributed by atoms with van der Waals surface area (Å²) in [6.45, 7) is 6.65. The van der Waals surface area contributed by atoms with Gasteiger partial charge in [0.05, 0.1) is 19.4 Å². The Bertz CT molecular complexity index is 631. The zero-order chi connectivity index (χ0) is 16.1. The molecule has 2 aromatic rings. The van der Waals surface area contributed by atoms with E-state index in [0.29, 0.717) is 24.5 Å². The zero-order valence-electron chi connectivity index (χ0n) is 13.4. The summed E-state index contributed by atoms with van der Waals surface area (Å²) in [4.78, 5) is 16.6. The molecular weight excluding hydrogens is 292 g/mol. The van der Waals surface area contributed by atoms with Crippen LogP contribution in [0.3, 0.4) is 0 Å². The standard InChI is InChI=1S/C18H22N2O3/c1-2-22-18(21)16-8-13-23-17(16)14-19-9-11-20(12-10-19)15-6-4-3-5-7-15/h3-8,13H,2,9-12,14H2,1H3. The van der Waals surface area contributed by atoms with Gasteiger partial charge in [0, 0.05) is 31.9 Å². The average Bonchev–Trinajstić information content (AvgIpc) is 3.05. The fourth-order valence-corrected chi connectivity index (χ4v) is 2.86. The van der Waals surface area contributed by atoms with E-state index in [4.69, 9.17) is 9.15 Å². The molecule has 0 bridgehead atoms. The summed E-state index contributed by atoms with van der Waals surface area (Å²) in [5, 5.41) is 0. The quantitative estimate of drug-likeness (QED) is 0.794. The number of nitrogens with zero attached hydrogens (tertiary/aromatic N) is 2. The highest BCUT2D eigenvalue weighted by molar-refractivity contribution is 5.90. The number of para-hydroxylation sites is 1. The van der Waals surface area contributed by atoms with Gasteiger partial charge in [-0.2, -0.15) is 0 Å². The third-order valence-corrected chi connectivity index (χ3v) is 4.10. The molecule has 1 aliphatic heterocycles. The average molecular weight is 314 g/mol. The molecule has 0 saturated carbocycles. The van der Waals surface area contributed by atoms with E-state index in [1.807, 2.05) is 6.07 Å². The number of anilines is 1. The van der Waals surface area contributed by atoms with Crippen molar-refractivity contribution < 1.29 is 13.9 Å². The monoisotopic (exact) mass is 314 g/mol. The summed E-state index contributed by atoms with van der Waals surface area (Å²) in [7, 11) is 0. The minimum Gasteiger partial charge on any atom is -0.467 e. The summed E-state index contributed by atoms with van der Waals surface area (Å²) >= 11 is 0. The van der Waals surface area contributed by atoms with Gasteiger partial charge in [-0.15, -0.1) is 0 Å². The Hall–Kier alpha value is -2.27. The van der Waals surface area contributed by atoms with Gasteiger partial charge in [0.1, 0.15) is 11.3 Å². The molecule has 0 N–H and O–H groups in total. The van der Waals surface area contributed by atoms with Crippen LogP contribution in [0.2, 0.25) is 0 Å². The second-order valence-electron chi connectivity index (χ2n) is 5.58. The van der Waals surface area contributed by atoms with E-state index in [1.54, 1.807) is 19.3 Å². The van der Waals surface area contributed by atoms with Crippen molar-refractivity contribution in [1.29, 1.82) is 0 Å². The molecule has 1 saturated heterocycles. The number of rotatable bonds is 5. The molecule has 0 spiro atoms. The Balaban J connectivity index is 1.57. The molecule has 1 aromatic carbocycles. The van der Waals surface area contributed by atoms with Crippen molar-refractivity contribution in [3.8, 4) is 0 Å². The van der Waals surface area contributed by atoms with Crippen molar-refractivity contribution in [3.05, 3.63) is 54.0 Å². The van der Waals surface area contributed by atoms with Crippen LogP contribution in [0.25, 0.3) is 0 Å². The summed E-state index contributed by atoms with van der Waals surface area (Å²) in [6, 6.07) is 12.1. The molecule has 1 aliphatic rings. The summed E-state index contributed by atoms with van der Waals surface area (Å²) in [6.07, 6.45) is 1.56. The largest absolute Gasteiger partial charge is 0.467 e. The van der Waals surface area contributed by atoms with Crippen LogP contribution in [0.5, 0.6) is 0 Å². The Morgan fingerprint density at radius 2 is 1.87 bits per heavy atom. The van der Waals surface area contributed by atoms with E-state index in [0.717, 1.165) is 26.2 Å². The number of piperazine rings is 1. The van der Waals surface area contributed by atoms with Gasteiger partial charge in [-0.1, -0.05) is 18.2 Å². The van der Waals surface area contributed by atoms with Gasteiger partial charge in [-0.25, -0.2) is 4.79 Å². The smallest absolute Gasteiger partial charge is 0.341 e. The van der Waals surface area contributed by atoms with Gasteiger partial charge in [0.15, 0.2) is 0 Å². The molecule has 5 heteroatoms. The molecule has 0 aliphatic carbocycles. The lowest BCUT2D eigenvalue weighted by Gasteiger charge is -2.35. The molecule has 5 nitrogen and oxygen atoms in total. The summed E-state index contributed by atoms with van der Waals surface area (Å²) in [5.41, 5.74) is 1.80. The number of esters is 1. The van der Waals surface area contributed by atoms with Gasteiger partial charge >= 0.3 is 5.97 Å². The Morgan fingerprint density at radius 1 is 1.13 bits per heavy atom. The fraction of sp³-hybridized carbons (Fsp3) is 0.389. The minimum absolute atomic E-state index is 0.306. The van der Waals surface area contributed by atoms with Crippen LogP contribution >= 0.6 is 0 Å². The predicted molar refractivity (Wildman–Crippen MR) is 88.6 cm³/mol. The molecule has 0 amide bonds. The molecule has 122 valence electrons. The lowest BCUT2D eigenvalue weighted by atomic mass is 10.2. The van der Waals surface area contributed by atoms with Crippen LogP contribution in [0, 0.1) is 0 Å². The zero-order valence-corrected chi connectivity index (χ0v) is 13.4. The third kappa shape index (κ3) is 3.74. The molecule has 0 radical (unpaired) electrons. The molecule has 23 heavy (non-hydrogen) atoms. The molecule has 1 aromatic heterocycles. The van der Waals surface area contributed by atoms with Crippen molar-refractivity contribution in [2.75, 3.05) is 37.7 Å². The first-order chi connectivity index (χ1) is 11.3. The maximum Gasteiger partial charge on any atom is 0.341 e. The van der Waals surface area contributed by atoms with E-state index in [9.17, 15) is 4.79 Å². The molecule has 0 atom stereocenters. The van der Waals surface area contributed by atoms with Crippen LogP contribution in [0.1, 0.15) is 23.0 Å². The third-order valence-electron chi connectivity index (χ3n) is 4.10. The van der Waals surface area contributed by atoms with E-state index >= 15 is 0 Å². The van der Waals surface area contributed by atoms with Crippen LogP contribution < -0.4 is 4.90 Å². The maximum atomic E-state index is 11.9.